The number of hydrogen-bond acceptors (Lipinski definition) is 2. The highest BCUT2D eigenvalue weighted by Gasteiger charge is 2.24. The molecule has 0 unspecified atom stereocenters. The van der Waals surface area contributed by atoms with Crippen LogP contribution in [0.25, 0.3) is 88.7 Å². The topological polar surface area (TPSA) is 16.4 Å². The second kappa shape index (κ2) is 13.2. The number of furan rings is 1. The van der Waals surface area contributed by atoms with Crippen LogP contribution in [0.5, 0.6) is 0 Å². The van der Waals surface area contributed by atoms with Gasteiger partial charge in [-0.05, 0) is 115 Å². The minimum absolute atomic E-state index is 0.881. The average molecular weight is 714 g/mol. The molecule has 0 N–H and O–H groups in total. The molecule has 2 heteroatoms. The van der Waals surface area contributed by atoms with E-state index in [4.69, 9.17) is 4.42 Å². The summed E-state index contributed by atoms with van der Waals surface area (Å²) in [6.07, 6.45) is 0. The minimum atomic E-state index is 0.881. The Labute approximate surface area is 326 Å². The van der Waals surface area contributed by atoms with Gasteiger partial charge >= 0.3 is 0 Å². The van der Waals surface area contributed by atoms with Crippen LogP contribution in [-0.2, 0) is 0 Å². The van der Waals surface area contributed by atoms with Crippen molar-refractivity contribution in [1.82, 2.24) is 0 Å². The first-order valence-electron chi connectivity index (χ1n) is 19.2. The second-order valence-electron chi connectivity index (χ2n) is 14.5. The van der Waals surface area contributed by atoms with Crippen molar-refractivity contribution in [1.29, 1.82) is 0 Å². The SMILES string of the molecule is c1ccc(-c2ccc(-c3ccc(N(c4ccc5c(c4)-c4ccccc4-c4ccccc4-c4ccccc4-5)c4ccc5oc6ccccc6c5c4)cc3)cc2)cc1. The number of nitrogens with zero attached hydrogens (tertiary/aromatic N) is 1. The zero-order chi connectivity index (χ0) is 37.0. The van der Waals surface area contributed by atoms with Crippen LogP contribution < -0.4 is 4.90 Å². The number of rotatable bonds is 5. The van der Waals surface area contributed by atoms with Crippen molar-refractivity contribution in [3.8, 4) is 66.8 Å². The summed E-state index contributed by atoms with van der Waals surface area (Å²) in [5.74, 6) is 0. The van der Waals surface area contributed by atoms with Crippen LogP contribution in [0.2, 0.25) is 0 Å². The van der Waals surface area contributed by atoms with Gasteiger partial charge in [0.2, 0.25) is 0 Å². The lowest BCUT2D eigenvalue weighted by Gasteiger charge is -2.28. The zero-order valence-corrected chi connectivity index (χ0v) is 30.6. The van der Waals surface area contributed by atoms with Crippen molar-refractivity contribution >= 4 is 39.0 Å². The molecule has 0 spiro atoms. The Bertz CT molecular complexity index is 3060. The third-order valence-electron chi connectivity index (χ3n) is 11.3. The van der Waals surface area contributed by atoms with E-state index in [1.807, 2.05) is 12.1 Å². The van der Waals surface area contributed by atoms with E-state index in [9.17, 15) is 0 Å². The summed E-state index contributed by atoms with van der Waals surface area (Å²) >= 11 is 0. The molecule has 1 heterocycles. The van der Waals surface area contributed by atoms with Gasteiger partial charge in [-0.25, -0.2) is 0 Å². The Kier molecular flexibility index (Phi) is 7.53. The Morgan fingerprint density at radius 3 is 1.23 bits per heavy atom. The van der Waals surface area contributed by atoms with Crippen LogP contribution in [0.1, 0.15) is 0 Å². The maximum atomic E-state index is 6.28. The maximum absolute atomic E-state index is 6.28. The molecule has 2 nitrogen and oxygen atoms in total. The van der Waals surface area contributed by atoms with Gasteiger partial charge in [0, 0.05) is 27.8 Å². The Balaban J connectivity index is 1.09. The molecule has 262 valence electrons. The first-order chi connectivity index (χ1) is 27.8. The van der Waals surface area contributed by atoms with Crippen LogP contribution in [0.4, 0.5) is 17.1 Å². The van der Waals surface area contributed by atoms with E-state index in [1.165, 1.54) is 66.8 Å². The van der Waals surface area contributed by atoms with Crippen LogP contribution in [0, 0.1) is 0 Å². The lowest BCUT2D eigenvalue weighted by atomic mass is 9.81. The lowest BCUT2D eigenvalue weighted by Crippen LogP contribution is -2.10. The van der Waals surface area contributed by atoms with Crippen LogP contribution >= 0.6 is 0 Å². The van der Waals surface area contributed by atoms with Gasteiger partial charge in [0.25, 0.3) is 0 Å². The smallest absolute Gasteiger partial charge is 0.135 e. The predicted molar refractivity (Wildman–Crippen MR) is 235 cm³/mol. The number of fused-ring (bicyclic) bond motifs is 11. The molecule has 56 heavy (non-hydrogen) atoms. The first-order valence-corrected chi connectivity index (χ1v) is 19.2. The molecule has 11 rings (SSSR count). The molecule has 0 bridgehead atoms. The molecule has 0 atom stereocenters. The molecule has 0 saturated heterocycles. The Morgan fingerprint density at radius 2 is 0.643 bits per heavy atom. The summed E-state index contributed by atoms with van der Waals surface area (Å²) < 4.78 is 6.28. The molecular weight excluding hydrogens is 679 g/mol. The molecule has 1 aromatic heterocycles. The molecule has 0 radical (unpaired) electrons. The molecular formula is C54H35NO. The van der Waals surface area contributed by atoms with Crippen molar-refractivity contribution in [2.24, 2.45) is 0 Å². The van der Waals surface area contributed by atoms with Gasteiger partial charge in [0.05, 0.1) is 0 Å². The van der Waals surface area contributed by atoms with Gasteiger partial charge in [0.15, 0.2) is 0 Å². The van der Waals surface area contributed by atoms with E-state index in [2.05, 4.69) is 205 Å². The highest BCUT2D eigenvalue weighted by molar-refractivity contribution is 6.07. The normalized spacial score (nSPS) is 11.6. The van der Waals surface area contributed by atoms with Crippen molar-refractivity contribution in [2.75, 3.05) is 4.90 Å². The fraction of sp³-hybridized carbons (Fsp3) is 0. The van der Waals surface area contributed by atoms with E-state index in [0.29, 0.717) is 0 Å². The number of benzene rings is 9. The van der Waals surface area contributed by atoms with Gasteiger partial charge in [-0.1, -0.05) is 164 Å². The molecule has 0 saturated carbocycles. The number of hydrogen-bond donors (Lipinski definition) is 0. The Morgan fingerprint density at radius 1 is 0.250 bits per heavy atom. The van der Waals surface area contributed by atoms with E-state index < -0.39 is 0 Å². The molecule has 1 aliphatic carbocycles. The van der Waals surface area contributed by atoms with E-state index in [-0.39, 0.29) is 0 Å². The third-order valence-corrected chi connectivity index (χ3v) is 11.3. The van der Waals surface area contributed by atoms with Crippen molar-refractivity contribution in [3.63, 3.8) is 0 Å². The number of anilines is 3. The van der Waals surface area contributed by atoms with Gasteiger partial charge in [-0.15, -0.1) is 0 Å². The fourth-order valence-electron chi connectivity index (χ4n) is 8.58. The highest BCUT2D eigenvalue weighted by atomic mass is 16.3. The summed E-state index contributed by atoms with van der Waals surface area (Å²) in [4.78, 5) is 2.38. The standard InChI is InChI=1S/C54H35NO/c1-2-12-36(13-3-1)37-22-24-38(25-23-37)39-26-28-40(29-27-39)55(42-31-33-54-52(35-42)50-20-10-11-21-53(50)56-54)41-30-32-49-47-18-7-6-16-45(47)43-14-4-5-15-44(43)46-17-8-9-19-48(46)51(49)34-41/h1-35H. The predicted octanol–water partition coefficient (Wildman–Crippen LogP) is 15.4. The van der Waals surface area contributed by atoms with Gasteiger partial charge in [-0.3, -0.25) is 0 Å². The Hall–Kier alpha value is -7.42. The fourth-order valence-corrected chi connectivity index (χ4v) is 8.58. The van der Waals surface area contributed by atoms with Gasteiger partial charge in [-0.2, -0.15) is 0 Å². The average Bonchev–Trinajstić information content (AvgIpc) is 3.65. The molecule has 9 aromatic carbocycles. The summed E-state index contributed by atoms with van der Waals surface area (Å²) in [7, 11) is 0. The second-order valence-corrected chi connectivity index (χ2v) is 14.5. The van der Waals surface area contributed by atoms with E-state index in [1.54, 1.807) is 0 Å². The van der Waals surface area contributed by atoms with Crippen molar-refractivity contribution < 1.29 is 4.42 Å². The van der Waals surface area contributed by atoms with Crippen molar-refractivity contribution in [2.45, 2.75) is 0 Å². The van der Waals surface area contributed by atoms with Crippen molar-refractivity contribution in [3.05, 3.63) is 212 Å². The zero-order valence-electron chi connectivity index (χ0n) is 30.6. The minimum Gasteiger partial charge on any atom is -0.456 e. The third kappa shape index (κ3) is 5.34. The quantitative estimate of drug-likeness (QED) is 0.177. The van der Waals surface area contributed by atoms with Gasteiger partial charge in [0.1, 0.15) is 11.2 Å². The molecule has 0 amide bonds. The molecule has 10 aromatic rings. The summed E-state index contributed by atoms with van der Waals surface area (Å²) in [6, 6.07) is 76.7. The molecule has 1 aliphatic rings. The van der Waals surface area contributed by atoms with E-state index in [0.717, 1.165) is 39.0 Å². The molecule has 0 aliphatic heterocycles. The summed E-state index contributed by atoms with van der Waals surface area (Å²) in [6.45, 7) is 0. The molecule has 0 fully saturated rings. The maximum Gasteiger partial charge on any atom is 0.135 e. The van der Waals surface area contributed by atoms with Crippen LogP contribution in [-0.4, -0.2) is 0 Å². The van der Waals surface area contributed by atoms with Crippen LogP contribution in [0.15, 0.2) is 217 Å². The summed E-state index contributed by atoms with van der Waals surface area (Å²) in [5, 5.41) is 2.21. The largest absolute Gasteiger partial charge is 0.456 e. The summed E-state index contributed by atoms with van der Waals surface area (Å²) in [5.41, 5.74) is 19.6. The van der Waals surface area contributed by atoms with Gasteiger partial charge < -0.3 is 9.32 Å². The lowest BCUT2D eigenvalue weighted by molar-refractivity contribution is 0.669. The van der Waals surface area contributed by atoms with Crippen LogP contribution in [0.3, 0.4) is 0 Å². The number of para-hydroxylation sites is 1. The van der Waals surface area contributed by atoms with E-state index >= 15 is 0 Å². The monoisotopic (exact) mass is 713 g/mol. The highest BCUT2D eigenvalue weighted by Crippen LogP contribution is 2.49. The first kappa shape index (κ1) is 32.0.